The van der Waals surface area contributed by atoms with E-state index in [-0.39, 0.29) is 12.0 Å². The summed E-state index contributed by atoms with van der Waals surface area (Å²) in [5, 5.41) is 17.0. The molecule has 1 aromatic rings. The van der Waals surface area contributed by atoms with E-state index < -0.39 is 5.82 Å². The van der Waals surface area contributed by atoms with Crippen LogP contribution in [0.15, 0.2) is 24.3 Å². The van der Waals surface area contributed by atoms with Crippen molar-refractivity contribution < 1.29 is 4.39 Å². The Labute approximate surface area is 81.5 Å². The fraction of sp³-hybridized carbons (Fsp3) is 0.0909. The maximum Gasteiger partial charge on any atom is 0.124 e. The number of allylic oxidation sites excluding steroid dienone is 1. The molecule has 0 aliphatic carbocycles. The number of nitriles is 2. The summed E-state index contributed by atoms with van der Waals surface area (Å²) >= 11 is 0. The van der Waals surface area contributed by atoms with Gasteiger partial charge in [-0.05, 0) is 17.7 Å². The van der Waals surface area contributed by atoms with Crippen LogP contribution in [0.5, 0.6) is 0 Å². The van der Waals surface area contributed by atoms with Gasteiger partial charge in [-0.15, -0.1) is 0 Å². The molecule has 1 aromatic carbocycles. The van der Waals surface area contributed by atoms with Crippen molar-refractivity contribution in [1.82, 2.24) is 0 Å². The van der Waals surface area contributed by atoms with Crippen LogP contribution < -0.4 is 0 Å². The second kappa shape index (κ2) is 4.79. The molecule has 0 aromatic heterocycles. The highest BCUT2D eigenvalue weighted by atomic mass is 19.1. The summed E-state index contributed by atoms with van der Waals surface area (Å²) in [5.41, 5.74) is 0.906. The van der Waals surface area contributed by atoms with Crippen LogP contribution in [-0.4, -0.2) is 0 Å². The van der Waals surface area contributed by atoms with E-state index in [4.69, 9.17) is 10.5 Å². The molecule has 0 fully saturated rings. The third-order valence-electron chi connectivity index (χ3n) is 1.64. The molecule has 0 aliphatic rings. The number of rotatable bonds is 2. The maximum atomic E-state index is 12.7. The Morgan fingerprint density at radius 2 is 2.14 bits per heavy atom. The van der Waals surface area contributed by atoms with Crippen LogP contribution in [0.3, 0.4) is 0 Å². The van der Waals surface area contributed by atoms with Crippen molar-refractivity contribution in [3.63, 3.8) is 0 Å². The Bertz CT molecular complexity index is 436. The van der Waals surface area contributed by atoms with Gasteiger partial charge in [0.2, 0.25) is 0 Å². The molecule has 3 heteroatoms. The maximum absolute atomic E-state index is 12.7. The molecule has 2 nitrogen and oxygen atoms in total. The van der Waals surface area contributed by atoms with E-state index in [0.29, 0.717) is 5.56 Å². The Morgan fingerprint density at radius 3 is 2.79 bits per heavy atom. The van der Waals surface area contributed by atoms with Crippen LogP contribution in [0.4, 0.5) is 4.39 Å². The summed E-state index contributed by atoms with van der Waals surface area (Å²) in [6.45, 7) is 0. The molecule has 0 heterocycles. The van der Waals surface area contributed by atoms with Crippen molar-refractivity contribution in [2.75, 3.05) is 0 Å². The molecule has 0 aliphatic heterocycles. The minimum Gasteiger partial charge on any atom is -0.207 e. The number of benzene rings is 1. The molecule has 0 atom stereocenters. The third-order valence-corrected chi connectivity index (χ3v) is 1.64. The standard InChI is InChI=1S/C11H7FN2/c12-11-5-4-9(3-1-2-6-13)10(7-11)8-14/h1,3-5,7H,2H2. The van der Waals surface area contributed by atoms with E-state index in [2.05, 4.69) is 0 Å². The first-order valence-corrected chi connectivity index (χ1v) is 4.01. The lowest BCUT2D eigenvalue weighted by Gasteiger charge is -1.96. The van der Waals surface area contributed by atoms with E-state index >= 15 is 0 Å². The van der Waals surface area contributed by atoms with Gasteiger partial charge in [0.15, 0.2) is 0 Å². The van der Waals surface area contributed by atoms with Crippen molar-refractivity contribution in [3.05, 3.63) is 41.2 Å². The second-order valence-corrected chi connectivity index (χ2v) is 2.61. The van der Waals surface area contributed by atoms with Crippen molar-refractivity contribution in [1.29, 1.82) is 10.5 Å². The molecule has 0 bridgehead atoms. The first kappa shape index (κ1) is 9.95. The quantitative estimate of drug-likeness (QED) is 0.712. The van der Waals surface area contributed by atoms with Gasteiger partial charge in [-0.1, -0.05) is 18.2 Å². The molecule has 68 valence electrons. The van der Waals surface area contributed by atoms with Crippen molar-refractivity contribution in [2.45, 2.75) is 6.42 Å². The zero-order chi connectivity index (χ0) is 10.4. The number of hydrogen-bond acceptors (Lipinski definition) is 2. The molecular formula is C11H7FN2. The van der Waals surface area contributed by atoms with Gasteiger partial charge in [0, 0.05) is 0 Å². The van der Waals surface area contributed by atoms with Crippen molar-refractivity contribution >= 4 is 6.08 Å². The summed E-state index contributed by atoms with van der Waals surface area (Å²) in [6.07, 6.45) is 3.55. The molecule has 0 saturated heterocycles. The number of nitrogens with zero attached hydrogens (tertiary/aromatic N) is 2. The monoisotopic (exact) mass is 186 g/mol. The van der Waals surface area contributed by atoms with Gasteiger partial charge in [0.25, 0.3) is 0 Å². The minimum absolute atomic E-state index is 0.277. The highest BCUT2D eigenvalue weighted by molar-refractivity contribution is 5.58. The predicted molar refractivity (Wildman–Crippen MR) is 50.4 cm³/mol. The lowest BCUT2D eigenvalue weighted by Crippen LogP contribution is -1.83. The predicted octanol–water partition coefficient (Wildman–Crippen LogP) is 2.62. The fourth-order valence-electron chi connectivity index (χ4n) is 1.01. The fourth-order valence-corrected chi connectivity index (χ4v) is 1.01. The average molecular weight is 186 g/mol. The summed E-state index contributed by atoms with van der Waals surface area (Å²) in [6, 6.07) is 7.81. The van der Waals surface area contributed by atoms with Gasteiger partial charge >= 0.3 is 0 Å². The van der Waals surface area contributed by atoms with Gasteiger partial charge in [-0.3, -0.25) is 0 Å². The summed E-state index contributed by atoms with van der Waals surface area (Å²) in [5.74, 6) is -0.431. The van der Waals surface area contributed by atoms with Crippen molar-refractivity contribution in [2.24, 2.45) is 0 Å². The van der Waals surface area contributed by atoms with Crippen molar-refractivity contribution in [3.8, 4) is 12.1 Å². The van der Waals surface area contributed by atoms with Crippen LogP contribution >= 0.6 is 0 Å². The van der Waals surface area contributed by atoms with Crippen LogP contribution in [0.25, 0.3) is 6.08 Å². The second-order valence-electron chi connectivity index (χ2n) is 2.61. The van der Waals surface area contributed by atoms with E-state index in [0.717, 1.165) is 0 Å². The minimum atomic E-state index is -0.431. The first-order valence-electron chi connectivity index (χ1n) is 4.01. The average Bonchev–Trinajstić information content (AvgIpc) is 2.20. The number of halogens is 1. The Morgan fingerprint density at radius 1 is 1.36 bits per heavy atom. The molecule has 0 saturated carbocycles. The molecular weight excluding hydrogens is 179 g/mol. The van der Waals surface area contributed by atoms with Gasteiger partial charge in [-0.2, -0.15) is 10.5 Å². The van der Waals surface area contributed by atoms with Crippen LogP contribution in [-0.2, 0) is 0 Å². The number of hydrogen-bond donors (Lipinski definition) is 0. The first-order chi connectivity index (χ1) is 6.77. The Hall–Kier alpha value is -2.13. The van der Waals surface area contributed by atoms with Gasteiger partial charge in [0.05, 0.1) is 24.1 Å². The highest BCUT2D eigenvalue weighted by Crippen LogP contribution is 2.12. The topological polar surface area (TPSA) is 47.6 Å². The third kappa shape index (κ3) is 2.43. The van der Waals surface area contributed by atoms with Crippen LogP contribution in [0.1, 0.15) is 17.5 Å². The van der Waals surface area contributed by atoms with Gasteiger partial charge in [0.1, 0.15) is 5.82 Å². The summed E-state index contributed by atoms with van der Waals surface area (Å²) < 4.78 is 12.7. The van der Waals surface area contributed by atoms with Gasteiger partial charge < -0.3 is 0 Å². The Kier molecular flexibility index (Phi) is 3.41. The summed E-state index contributed by atoms with van der Waals surface area (Å²) in [4.78, 5) is 0. The van der Waals surface area contributed by atoms with E-state index in [1.165, 1.54) is 18.2 Å². The van der Waals surface area contributed by atoms with Crippen LogP contribution in [0, 0.1) is 28.5 Å². The van der Waals surface area contributed by atoms with Crippen LogP contribution in [0.2, 0.25) is 0 Å². The molecule has 1 rings (SSSR count). The summed E-state index contributed by atoms with van der Waals surface area (Å²) in [7, 11) is 0. The molecule has 0 unspecified atom stereocenters. The molecule has 0 N–H and O–H groups in total. The molecule has 14 heavy (non-hydrogen) atoms. The highest BCUT2D eigenvalue weighted by Gasteiger charge is 1.99. The normalized spacial score (nSPS) is 9.64. The smallest absolute Gasteiger partial charge is 0.124 e. The molecule has 0 radical (unpaired) electrons. The van der Waals surface area contributed by atoms with E-state index in [9.17, 15) is 4.39 Å². The largest absolute Gasteiger partial charge is 0.207 e. The molecule has 0 spiro atoms. The Balaban J connectivity index is 2.99. The zero-order valence-corrected chi connectivity index (χ0v) is 7.37. The molecule has 0 amide bonds. The lowest BCUT2D eigenvalue weighted by atomic mass is 10.1. The van der Waals surface area contributed by atoms with Gasteiger partial charge in [-0.25, -0.2) is 4.39 Å². The zero-order valence-electron chi connectivity index (χ0n) is 7.37. The van der Waals surface area contributed by atoms with E-state index in [1.807, 2.05) is 12.1 Å². The SMILES string of the molecule is N#CCC=Cc1ccc(F)cc1C#N. The lowest BCUT2D eigenvalue weighted by molar-refractivity contribution is 0.627. The van der Waals surface area contributed by atoms with E-state index in [1.54, 1.807) is 12.2 Å².